The highest BCUT2D eigenvalue weighted by Gasteiger charge is 2.26. The quantitative estimate of drug-likeness (QED) is 0.777. The molecule has 0 aliphatic heterocycles. The topological polar surface area (TPSA) is 49.5 Å². The molecule has 0 spiro atoms. The van der Waals surface area contributed by atoms with Gasteiger partial charge in [-0.1, -0.05) is 30.3 Å². The van der Waals surface area contributed by atoms with E-state index in [0.29, 0.717) is 13.0 Å². The zero-order valence-corrected chi connectivity index (χ0v) is 10.5. The molecule has 18 heavy (non-hydrogen) atoms. The van der Waals surface area contributed by atoms with E-state index < -0.39 is 12.0 Å². The van der Waals surface area contributed by atoms with Crippen molar-refractivity contribution in [1.82, 2.24) is 4.90 Å². The van der Waals surface area contributed by atoms with Crippen LogP contribution >= 0.6 is 0 Å². The van der Waals surface area contributed by atoms with E-state index >= 15 is 0 Å². The molecule has 0 aliphatic rings. The van der Waals surface area contributed by atoms with E-state index in [4.69, 9.17) is 5.73 Å². The number of halogens is 2. The SMILES string of the molecule is CN(CCC(N)(CO)c1ccccc1)CC(F)F. The number of hydrogen-bond acceptors (Lipinski definition) is 3. The summed E-state index contributed by atoms with van der Waals surface area (Å²) in [5, 5.41) is 9.44. The second-order valence-corrected chi connectivity index (χ2v) is 4.58. The first-order valence-electron chi connectivity index (χ1n) is 5.90. The summed E-state index contributed by atoms with van der Waals surface area (Å²) in [5.41, 5.74) is 6.07. The normalized spacial score (nSPS) is 15.1. The van der Waals surface area contributed by atoms with Crippen LogP contribution in [0.3, 0.4) is 0 Å². The molecule has 3 N–H and O–H groups in total. The van der Waals surface area contributed by atoms with Crippen LogP contribution in [0.2, 0.25) is 0 Å². The Morgan fingerprint density at radius 2 is 1.94 bits per heavy atom. The molecule has 0 fully saturated rings. The molecule has 0 heterocycles. The van der Waals surface area contributed by atoms with Crippen molar-refractivity contribution in [3.63, 3.8) is 0 Å². The molecule has 1 aromatic carbocycles. The van der Waals surface area contributed by atoms with Crippen LogP contribution in [0.1, 0.15) is 12.0 Å². The lowest BCUT2D eigenvalue weighted by atomic mass is 9.88. The Kier molecular flexibility index (Phi) is 5.65. The number of alkyl halides is 2. The van der Waals surface area contributed by atoms with E-state index in [1.165, 1.54) is 4.90 Å². The van der Waals surface area contributed by atoms with Crippen molar-refractivity contribution in [3.8, 4) is 0 Å². The summed E-state index contributed by atoms with van der Waals surface area (Å²) in [6, 6.07) is 9.22. The minimum Gasteiger partial charge on any atom is -0.394 e. The Hall–Kier alpha value is -1.04. The number of aliphatic hydroxyl groups excluding tert-OH is 1. The van der Waals surface area contributed by atoms with E-state index in [1.807, 2.05) is 30.3 Å². The van der Waals surface area contributed by atoms with Crippen LogP contribution in [0, 0.1) is 0 Å². The molecule has 0 bridgehead atoms. The van der Waals surface area contributed by atoms with E-state index in [2.05, 4.69) is 0 Å². The molecule has 3 nitrogen and oxygen atoms in total. The van der Waals surface area contributed by atoms with Crippen molar-refractivity contribution in [2.45, 2.75) is 18.4 Å². The van der Waals surface area contributed by atoms with E-state index in [9.17, 15) is 13.9 Å². The standard InChI is InChI=1S/C13H20F2N2O/c1-17(9-12(14)15)8-7-13(16,10-18)11-5-3-2-4-6-11/h2-6,12,18H,7-10,16H2,1H3. The minimum absolute atomic E-state index is 0.209. The van der Waals surface area contributed by atoms with Gasteiger partial charge >= 0.3 is 0 Å². The maximum atomic E-state index is 12.2. The average Bonchev–Trinajstić information content (AvgIpc) is 2.36. The van der Waals surface area contributed by atoms with Gasteiger partial charge in [0.15, 0.2) is 0 Å². The monoisotopic (exact) mass is 258 g/mol. The lowest BCUT2D eigenvalue weighted by molar-refractivity contribution is 0.0920. The lowest BCUT2D eigenvalue weighted by Gasteiger charge is -2.30. The number of rotatable bonds is 7. The lowest BCUT2D eigenvalue weighted by Crippen LogP contribution is -2.43. The fourth-order valence-corrected chi connectivity index (χ4v) is 1.80. The van der Waals surface area contributed by atoms with Crippen LogP contribution in [0.5, 0.6) is 0 Å². The highest BCUT2D eigenvalue weighted by atomic mass is 19.3. The van der Waals surface area contributed by atoms with Crippen molar-refractivity contribution in [1.29, 1.82) is 0 Å². The fraction of sp³-hybridized carbons (Fsp3) is 0.538. The number of hydrogen-bond donors (Lipinski definition) is 2. The van der Waals surface area contributed by atoms with Crippen molar-refractivity contribution in [3.05, 3.63) is 35.9 Å². The van der Waals surface area contributed by atoms with Crippen LogP contribution < -0.4 is 5.73 Å². The summed E-state index contributed by atoms with van der Waals surface area (Å²) in [4.78, 5) is 1.52. The minimum atomic E-state index is -2.35. The van der Waals surface area contributed by atoms with Crippen molar-refractivity contribution in [2.24, 2.45) is 5.73 Å². The molecule has 0 radical (unpaired) electrons. The third kappa shape index (κ3) is 4.33. The number of benzene rings is 1. The molecule has 0 amide bonds. The van der Waals surface area contributed by atoms with Gasteiger partial charge in [0.05, 0.1) is 18.7 Å². The highest BCUT2D eigenvalue weighted by Crippen LogP contribution is 2.21. The fourth-order valence-electron chi connectivity index (χ4n) is 1.80. The van der Waals surface area contributed by atoms with E-state index in [1.54, 1.807) is 7.05 Å². The number of nitrogens with two attached hydrogens (primary N) is 1. The molecule has 0 saturated heterocycles. The summed E-state index contributed by atoms with van der Waals surface area (Å²) >= 11 is 0. The molecule has 1 atom stereocenters. The third-order valence-corrected chi connectivity index (χ3v) is 3.02. The third-order valence-electron chi connectivity index (χ3n) is 3.02. The first-order chi connectivity index (χ1) is 8.48. The van der Waals surface area contributed by atoms with Gasteiger partial charge in [-0.15, -0.1) is 0 Å². The van der Waals surface area contributed by atoms with Gasteiger partial charge < -0.3 is 15.7 Å². The molecule has 0 saturated carbocycles. The van der Waals surface area contributed by atoms with Crippen molar-refractivity contribution < 1.29 is 13.9 Å². The summed E-state index contributed by atoms with van der Waals surface area (Å²) < 4.78 is 24.4. The Morgan fingerprint density at radius 3 is 2.44 bits per heavy atom. The van der Waals surface area contributed by atoms with Crippen LogP contribution in [0.15, 0.2) is 30.3 Å². The molecule has 1 unspecified atom stereocenters. The molecule has 0 aliphatic carbocycles. The number of aliphatic hydroxyl groups is 1. The predicted molar refractivity (Wildman–Crippen MR) is 67.5 cm³/mol. The molecule has 102 valence electrons. The summed E-state index contributed by atoms with van der Waals surface area (Å²) in [7, 11) is 1.62. The second kappa shape index (κ2) is 6.78. The van der Waals surface area contributed by atoms with Crippen LogP contribution in [0.25, 0.3) is 0 Å². The van der Waals surface area contributed by atoms with Crippen molar-refractivity contribution >= 4 is 0 Å². The summed E-state index contributed by atoms with van der Waals surface area (Å²) in [6.45, 7) is -0.0773. The molecule has 1 rings (SSSR count). The Balaban J connectivity index is 2.61. The van der Waals surface area contributed by atoms with Gasteiger partial charge in [-0.2, -0.15) is 0 Å². The van der Waals surface area contributed by atoms with Gasteiger partial charge in [0.25, 0.3) is 6.43 Å². The number of nitrogens with zero attached hydrogens (tertiary/aromatic N) is 1. The largest absolute Gasteiger partial charge is 0.394 e. The zero-order chi connectivity index (χ0) is 13.6. The predicted octanol–water partition coefficient (Wildman–Crippen LogP) is 1.42. The zero-order valence-electron chi connectivity index (χ0n) is 10.5. The average molecular weight is 258 g/mol. The smallest absolute Gasteiger partial charge is 0.251 e. The highest BCUT2D eigenvalue weighted by molar-refractivity contribution is 5.24. The van der Waals surface area contributed by atoms with Gasteiger partial charge in [0, 0.05) is 6.54 Å². The van der Waals surface area contributed by atoms with Crippen LogP contribution in [0.4, 0.5) is 8.78 Å². The summed E-state index contributed by atoms with van der Waals surface area (Å²) in [5.74, 6) is 0. The first-order valence-corrected chi connectivity index (χ1v) is 5.90. The van der Waals surface area contributed by atoms with Gasteiger partial charge in [0.2, 0.25) is 0 Å². The van der Waals surface area contributed by atoms with Gasteiger partial charge in [0.1, 0.15) is 0 Å². The molecule has 5 heteroatoms. The Labute approximate surface area is 106 Å². The van der Waals surface area contributed by atoms with Crippen LogP contribution in [-0.2, 0) is 5.54 Å². The van der Waals surface area contributed by atoms with Gasteiger partial charge in [-0.05, 0) is 19.0 Å². The molecule has 0 aromatic heterocycles. The maximum absolute atomic E-state index is 12.2. The first kappa shape index (κ1) is 15.0. The van der Waals surface area contributed by atoms with Crippen LogP contribution in [-0.4, -0.2) is 43.2 Å². The van der Waals surface area contributed by atoms with E-state index in [-0.39, 0.29) is 13.2 Å². The second-order valence-electron chi connectivity index (χ2n) is 4.58. The van der Waals surface area contributed by atoms with Crippen molar-refractivity contribution in [2.75, 3.05) is 26.7 Å². The summed E-state index contributed by atoms with van der Waals surface area (Å²) in [6.07, 6.45) is -1.93. The molecule has 1 aromatic rings. The Bertz CT molecular complexity index is 348. The molecular formula is C13H20F2N2O. The van der Waals surface area contributed by atoms with E-state index in [0.717, 1.165) is 5.56 Å². The molecular weight excluding hydrogens is 238 g/mol. The van der Waals surface area contributed by atoms with Gasteiger partial charge in [-0.3, -0.25) is 0 Å². The maximum Gasteiger partial charge on any atom is 0.251 e. The van der Waals surface area contributed by atoms with Gasteiger partial charge in [-0.25, -0.2) is 8.78 Å². The Morgan fingerprint density at radius 1 is 1.33 bits per heavy atom.